The van der Waals surface area contributed by atoms with Gasteiger partial charge < -0.3 is 14.7 Å². The summed E-state index contributed by atoms with van der Waals surface area (Å²) in [6.45, 7) is 6.94. The van der Waals surface area contributed by atoms with Gasteiger partial charge >= 0.3 is 5.97 Å². The van der Waals surface area contributed by atoms with Crippen molar-refractivity contribution in [2.75, 3.05) is 25.2 Å². The van der Waals surface area contributed by atoms with Crippen LogP contribution in [0.2, 0.25) is 0 Å². The molecule has 0 aliphatic carbocycles. The zero-order valence-corrected chi connectivity index (χ0v) is 11.3. The van der Waals surface area contributed by atoms with Crippen molar-refractivity contribution in [2.24, 2.45) is 0 Å². The molecule has 0 aliphatic rings. The van der Waals surface area contributed by atoms with Crippen molar-refractivity contribution in [1.29, 1.82) is 0 Å². The van der Waals surface area contributed by atoms with Gasteiger partial charge in [-0.15, -0.1) is 0 Å². The van der Waals surface area contributed by atoms with Gasteiger partial charge in [0.2, 0.25) is 0 Å². The molecular formula is C13H20N2O3. The fraction of sp³-hybridized carbons (Fsp3) is 0.538. The minimum atomic E-state index is -0.946. The van der Waals surface area contributed by atoms with Gasteiger partial charge in [-0.25, -0.2) is 9.78 Å². The van der Waals surface area contributed by atoms with Crippen LogP contribution in [0.5, 0.6) is 0 Å². The van der Waals surface area contributed by atoms with E-state index >= 15 is 0 Å². The van der Waals surface area contributed by atoms with Crippen LogP contribution < -0.4 is 4.90 Å². The monoisotopic (exact) mass is 252 g/mol. The number of methoxy groups -OCH3 is 1. The molecule has 1 aromatic heterocycles. The van der Waals surface area contributed by atoms with Gasteiger partial charge in [-0.2, -0.15) is 0 Å². The number of aromatic nitrogens is 1. The minimum absolute atomic E-state index is 0.160. The molecule has 0 spiro atoms. The topological polar surface area (TPSA) is 62.7 Å². The number of carboxylic acids is 1. The molecule has 5 nitrogen and oxygen atoms in total. The first kappa shape index (κ1) is 14.4. The third-order valence-corrected chi connectivity index (χ3v) is 2.78. The number of aromatic carboxylic acids is 1. The summed E-state index contributed by atoms with van der Waals surface area (Å²) in [5.41, 5.74) is 0.984. The van der Waals surface area contributed by atoms with Crippen LogP contribution >= 0.6 is 0 Å². The number of carbonyl (C=O) groups is 1. The maximum atomic E-state index is 11.3. The molecule has 0 bridgehead atoms. The summed E-state index contributed by atoms with van der Waals surface area (Å²) < 4.78 is 5.06. The van der Waals surface area contributed by atoms with E-state index in [-0.39, 0.29) is 11.6 Å². The van der Waals surface area contributed by atoms with Crippen molar-refractivity contribution >= 4 is 11.8 Å². The van der Waals surface area contributed by atoms with E-state index in [0.29, 0.717) is 19.0 Å². The Labute approximate surface area is 107 Å². The Morgan fingerprint density at radius 2 is 2.22 bits per heavy atom. The highest BCUT2D eigenvalue weighted by Crippen LogP contribution is 2.22. The molecule has 1 rings (SSSR count). The van der Waals surface area contributed by atoms with E-state index in [1.54, 1.807) is 26.3 Å². The SMILES string of the molecule is COCCN(c1nccc(C)c1C(=O)O)C(C)C. The number of nitrogens with zero attached hydrogens (tertiary/aromatic N) is 2. The average molecular weight is 252 g/mol. The molecule has 0 amide bonds. The summed E-state index contributed by atoms with van der Waals surface area (Å²) in [5, 5.41) is 9.30. The molecule has 5 heteroatoms. The number of rotatable bonds is 6. The van der Waals surface area contributed by atoms with Crippen LogP contribution in [-0.2, 0) is 4.74 Å². The van der Waals surface area contributed by atoms with Crippen molar-refractivity contribution < 1.29 is 14.6 Å². The summed E-state index contributed by atoms with van der Waals surface area (Å²) in [7, 11) is 1.63. The Bertz CT molecular complexity index is 419. The van der Waals surface area contributed by atoms with Crippen LogP contribution in [0.1, 0.15) is 29.8 Å². The number of carboxylic acid groups (broad SMARTS) is 1. The zero-order chi connectivity index (χ0) is 13.7. The Morgan fingerprint density at radius 1 is 1.56 bits per heavy atom. The highest BCUT2D eigenvalue weighted by molar-refractivity contribution is 5.95. The van der Waals surface area contributed by atoms with E-state index in [1.165, 1.54) is 0 Å². The number of ether oxygens (including phenoxy) is 1. The van der Waals surface area contributed by atoms with Gasteiger partial charge in [0.15, 0.2) is 0 Å². The molecule has 0 saturated heterocycles. The molecule has 1 heterocycles. The fourth-order valence-electron chi connectivity index (χ4n) is 1.82. The molecule has 0 unspecified atom stereocenters. The van der Waals surface area contributed by atoms with E-state index in [4.69, 9.17) is 4.74 Å². The Hall–Kier alpha value is -1.62. The molecule has 100 valence electrons. The molecule has 0 atom stereocenters. The van der Waals surface area contributed by atoms with E-state index in [1.807, 2.05) is 18.7 Å². The highest BCUT2D eigenvalue weighted by Gasteiger charge is 2.21. The molecule has 18 heavy (non-hydrogen) atoms. The van der Waals surface area contributed by atoms with E-state index in [0.717, 1.165) is 5.56 Å². The Morgan fingerprint density at radius 3 is 2.72 bits per heavy atom. The predicted molar refractivity (Wildman–Crippen MR) is 70.3 cm³/mol. The number of aryl methyl sites for hydroxylation is 1. The zero-order valence-electron chi connectivity index (χ0n) is 11.3. The van der Waals surface area contributed by atoms with Gasteiger partial charge in [0.05, 0.1) is 6.61 Å². The second-order valence-electron chi connectivity index (χ2n) is 4.41. The smallest absolute Gasteiger partial charge is 0.339 e. The summed E-state index contributed by atoms with van der Waals surface area (Å²) in [6.07, 6.45) is 1.64. The summed E-state index contributed by atoms with van der Waals surface area (Å²) in [5.74, 6) is -0.437. The summed E-state index contributed by atoms with van der Waals surface area (Å²) in [4.78, 5) is 17.5. The maximum Gasteiger partial charge on any atom is 0.339 e. The second-order valence-corrected chi connectivity index (χ2v) is 4.41. The van der Waals surface area contributed by atoms with Crippen LogP contribution in [0.15, 0.2) is 12.3 Å². The Balaban J connectivity index is 3.19. The predicted octanol–water partition coefficient (Wildman–Crippen LogP) is 1.95. The van der Waals surface area contributed by atoms with Crippen molar-refractivity contribution in [3.63, 3.8) is 0 Å². The van der Waals surface area contributed by atoms with E-state index in [2.05, 4.69) is 4.98 Å². The van der Waals surface area contributed by atoms with Crippen molar-refractivity contribution in [3.8, 4) is 0 Å². The third kappa shape index (κ3) is 3.20. The molecule has 0 aliphatic heterocycles. The number of hydrogen-bond donors (Lipinski definition) is 1. The normalized spacial score (nSPS) is 10.7. The molecule has 1 aromatic rings. The van der Waals surface area contributed by atoms with Crippen LogP contribution in [0.4, 0.5) is 5.82 Å². The fourth-order valence-corrected chi connectivity index (χ4v) is 1.82. The molecular weight excluding hydrogens is 232 g/mol. The molecule has 0 fully saturated rings. The van der Waals surface area contributed by atoms with E-state index in [9.17, 15) is 9.90 Å². The minimum Gasteiger partial charge on any atom is -0.478 e. The molecule has 0 radical (unpaired) electrons. The third-order valence-electron chi connectivity index (χ3n) is 2.78. The van der Waals surface area contributed by atoms with Crippen molar-refractivity contribution in [1.82, 2.24) is 4.98 Å². The lowest BCUT2D eigenvalue weighted by atomic mass is 10.1. The summed E-state index contributed by atoms with van der Waals surface area (Å²) in [6, 6.07) is 1.87. The largest absolute Gasteiger partial charge is 0.478 e. The van der Waals surface area contributed by atoms with Crippen LogP contribution in [0.25, 0.3) is 0 Å². The van der Waals surface area contributed by atoms with Crippen LogP contribution in [0, 0.1) is 6.92 Å². The second kappa shape index (κ2) is 6.35. The quantitative estimate of drug-likeness (QED) is 0.838. The first-order valence-corrected chi connectivity index (χ1v) is 5.93. The van der Waals surface area contributed by atoms with Gasteiger partial charge in [0.1, 0.15) is 11.4 Å². The number of anilines is 1. The number of pyridine rings is 1. The standard InChI is InChI=1S/C13H20N2O3/c1-9(2)15(7-8-18-4)12-11(13(16)17)10(3)5-6-14-12/h5-6,9H,7-8H2,1-4H3,(H,16,17). The van der Waals surface area contributed by atoms with Crippen molar-refractivity contribution in [3.05, 3.63) is 23.4 Å². The van der Waals surface area contributed by atoms with Crippen molar-refractivity contribution in [2.45, 2.75) is 26.8 Å². The maximum absolute atomic E-state index is 11.3. The van der Waals surface area contributed by atoms with Gasteiger partial charge in [0, 0.05) is 25.9 Å². The van der Waals surface area contributed by atoms with Gasteiger partial charge in [-0.05, 0) is 32.4 Å². The lowest BCUT2D eigenvalue weighted by Crippen LogP contribution is -2.36. The number of hydrogen-bond acceptors (Lipinski definition) is 4. The molecule has 1 N–H and O–H groups in total. The average Bonchev–Trinajstić information content (AvgIpc) is 2.28. The van der Waals surface area contributed by atoms with Crippen LogP contribution in [0.3, 0.4) is 0 Å². The molecule has 0 aromatic carbocycles. The highest BCUT2D eigenvalue weighted by atomic mass is 16.5. The van der Waals surface area contributed by atoms with Gasteiger partial charge in [0.25, 0.3) is 0 Å². The molecule has 0 saturated carbocycles. The lowest BCUT2D eigenvalue weighted by molar-refractivity contribution is 0.0696. The van der Waals surface area contributed by atoms with Gasteiger partial charge in [-0.3, -0.25) is 0 Å². The van der Waals surface area contributed by atoms with E-state index < -0.39 is 5.97 Å². The summed E-state index contributed by atoms with van der Waals surface area (Å²) >= 11 is 0. The first-order chi connectivity index (χ1) is 8.49. The first-order valence-electron chi connectivity index (χ1n) is 5.93. The van der Waals surface area contributed by atoms with Crippen LogP contribution in [-0.4, -0.2) is 42.4 Å². The Kier molecular flexibility index (Phi) is 5.09. The lowest BCUT2D eigenvalue weighted by Gasteiger charge is -2.29. The van der Waals surface area contributed by atoms with Gasteiger partial charge in [-0.1, -0.05) is 0 Å².